The summed E-state index contributed by atoms with van der Waals surface area (Å²) in [5.41, 5.74) is 0.779. The number of aldehydes is 1. The summed E-state index contributed by atoms with van der Waals surface area (Å²) in [5.74, 6) is -0.729. The van der Waals surface area contributed by atoms with Gasteiger partial charge in [0.05, 0.1) is 17.2 Å². The van der Waals surface area contributed by atoms with Crippen LogP contribution in [-0.4, -0.2) is 29.0 Å². The molecule has 4 heteroatoms. The third-order valence-electron chi connectivity index (χ3n) is 2.90. The van der Waals surface area contributed by atoms with Crippen molar-refractivity contribution in [2.24, 2.45) is 0 Å². The van der Waals surface area contributed by atoms with Crippen LogP contribution in [-0.2, 0) is 4.79 Å². The molecule has 4 nitrogen and oxygen atoms in total. The van der Waals surface area contributed by atoms with Gasteiger partial charge in [0.1, 0.15) is 6.29 Å². The zero-order valence-electron chi connectivity index (χ0n) is 9.55. The lowest BCUT2D eigenvalue weighted by atomic mass is 10.1. The second-order valence-corrected chi connectivity index (χ2v) is 4.02. The third-order valence-corrected chi connectivity index (χ3v) is 2.90. The molecule has 17 heavy (non-hydrogen) atoms. The number of benzene rings is 1. The van der Waals surface area contributed by atoms with Crippen LogP contribution in [0.15, 0.2) is 24.3 Å². The molecular weight excluding hydrogens is 218 g/mol. The standard InChI is InChI=1S/C13H13NO3/c1-2-5-9(8-15)14-12(16)10-6-3-4-7-11(10)13(14)17/h3-4,6-9H,2,5H2,1H3. The monoisotopic (exact) mass is 231 g/mol. The van der Waals surface area contributed by atoms with E-state index in [1.165, 1.54) is 0 Å². The van der Waals surface area contributed by atoms with Crippen LogP contribution < -0.4 is 0 Å². The smallest absolute Gasteiger partial charge is 0.262 e. The van der Waals surface area contributed by atoms with Crippen LogP contribution >= 0.6 is 0 Å². The largest absolute Gasteiger partial charge is 0.301 e. The first kappa shape index (κ1) is 11.5. The predicted molar refractivity (Wildman–Crippen MR) is 61.7 cm³/mol. The Labute approximate surface area is 99.2 Å². The Balaban J connectivity index is 2.38. The molecule has 1 aromatic rings. The summed E-state index contributed by atoms with van der Waals surface area (Å²) in [6.07, 6.45) is 1.93. The summed E-state index contributed by atoms with van der Waals surface area (Å²) in [6.45, 7) is 1.91. The van der Waals surface area contributed by atoms with E-state index in [1.54, 1.807) is 24.3 Å². The molecule has 0 aliphatic carbocycles. The maximum absolute atomic E-state index is 12.0. The molecule has 1 atom stereocenters. The predicted octanol–water partition coefficient (Wildman–Crippen LogP) is 1.65. The molecule has 2 rings (SSSR count). The van der Waals surface area contributed by atoms with Crippen LogP contribution in [0, 0.1) is 0 Å². The molecule has 1 aromatic carbocycles. The third kappa shape index (κ3) is 1.75. The molecule has 0 bridgehead atoms. The minimum absolute atomic E-state index is 0.365. The number of fused-ring (bicyclic) bond motifs is 1. The minimum Gasteiger partial charge on any atom is -0.301 e. The number of carbonyl (C=O) groups excluding carboxylic acids is 3. The van der Waals surface area contributed by atoms with E-state index in [-0.39, 0.29) is 11.8 Å². The topological polar surface area (TPSA) is 54.5 Å². The Morgan fingerprint density at radius 1 is 1.18 bits per heavy atom. The summed E-state index contributed by atoms with van der Waals surface area (Å²) < 4.78 is 0. The lowest BCUT2D eigenvalue weighted by molar-refractivity contribution is -0.111. The van der Waals surface area contributed by atoms with Crippen molar-refractivity contribution in [3.63, 3.8) is 0 Å². The van der Waals surface area contributed by atoms with E-state index < -0.39 is 6.04 Å². The first-order valence-electron chi connectivity index (χ1n) is 5.63. The highest BCUT2D eigenvalue weighted by Crippen LogP contribution is 2.25. The quantitative estimate of drug-likeness (QED) is 0.584. The van der Waals surface area contributed by atoms with Crippen molar-refractivity contribution in [2.75, 3.05) is 0 Å². The van der Waals surface area contributed by atoms with E-state index in [2.05, 4.69) is 0 Å². The van der Waals surface area contributed by atoms with Crippen LogP contribution in [0.2, 0.25) is 0 Å². The summed E-state index contributed by atoms with van der Waals surface area (Å²) in [5, 5.41) is 0. The number of amides is 2. The van der Waals surface area contributed by atoms with Crippen LogP contribution in [0.1, 0.15) is 40.5 Å². The van der Waals surface area contributed by atoms with Gasteiger partial charge in [0.25, 0.3) is 11.8 Å². The number of imide groups is 1. The molecule has 88 valence electrons. The van der Waals surface area contributed by atoms with E-state index >= 15 is 0 Å². The van der Waals surface area contributed by atoms with E-state index in [0.29, 0.717) is 23.8 Å². The van der Waals surface area contributed by atoms with Crippen molar-refractivity contribution < 1.29 is 14.4 Å². The maximum atomic E-state index is 12.0. The number of nitrogens with zero attached hydrogens (tertiary/aromatic N) is 1. The van der Waals surface area contributed by atoms with Crippen molar-refractivity contribution in [3.8, 4) is 0 Å². The highest BCUT2D eigenvalue weighted by atomic mass is 16.2. The van der Waals surface area contributed by atoms with Gasteiger partial charge < -0.3 is 4.79 Å². The van der Waals surface area contributed by atoms with Gasteiger partial charge in [0.15, 0.2) is 0 Å². The second kappa shape index (κ2) is 4.49. The minimum atomic E-state index is -0.646. The SMILES string of the molecule is CCCC(C=O)N1C(=O)c2ccccc2C1=O. The zero-order chi connectivity index (χ0) is 12.4. The van der Waals surface area contributed by atoms with Crippen LogP contribution in [0.4, 0.5) is 0 Å². The number of rotatable bonds is 4. The van der Waals surface area contributed by atoms with Gasteiger partial charge in [-0.1, -0.05) is 25.5 Å². The van der Waals surface area contributed by atoms with E-state index in [1.807, 2.05) is 6.92 Å². The lowest BCUT2D eigenvalue weighted by Gasteiger charge is -2.20. The van der Waals surface area contributed by atoms with Gasteiger partial charge in [-0.2, -0.15) is 0 Å². The van der Waals surface area contributed by atoms with Gasteiger partial charge in [-0.3, -0.25) is 14.5 Å². The molecular formula is C13H13NO3. The Bertz CT molecular complexity index is 446. The summed E-state index contributed by atoms with van der Waals surface area (Å²) >= 11 is 0. The molecule has 0 fully saturated rings. The van der Waals surface area contributed by atoms with Gasteiger partial charge in [-0.05, 0) is 18.6 Å². The molecule has 0 aromatic heterocycles. The Morgan fingerprint density at radius 3 is 2.12 bits per heavy atom. The molecule has 1 unspecified atom stereocenters. The van der Waals surface area contributed by atoms with Gasteiger partial charge >= 0.3 is 0 Å². The van der Waals surface area contributed by atoms with Gasteiger partial charge in [0, 0.05) is 0 Å². The van der Waals surface area contributed by atoms with Crippen LogP contribution in [0.5, 0.6) is 0 Å². The van der Waals surface area contributed by atoms with Gasteiger partial charge in [0.2, 0.25) is 0 Å². The molecule has 1 aliphatic heterocycles. The van der Waals surface area contributed by atoms with Crippen molar-refractivity contribution in [3.05, 3.63) is 35.4 Å². The molecule has 2 amide bonds. The van der Waals surface area contributed by atoms with Crippen LogP contribution in [0.25, 0.3) is 0 Å². The molecule has 0 saturated heterocycles. The van der Waals surface area contributed by atoms with Crippen molar-refractivity contribution in [1.82, 2.24) is 4.90 Å². The number of hydrogen-bond acceptors (Lipinski definition) is 3. The summed E-state index contributed by atoms with van der Waals surface area (Å²) in [7, 11) is 0. The average Bonchev–Trinajstić information content (AvgIpc) is 2.61. The van der Waals surface area contributed by atoms with E-state index in [4.69, 9.17) is 0 Å². The molecule has 0 N–H and O–H groups in total. The highest BCUT2D eigenvalue weighted by Gasteiger charge is 2.39. The van der Waals surface area contributed by atoms with Crippen LogP contribution in [0.3, 0.4) is 0 Å². The fourth-order valence-corrected chi connectivity index (χ4v) is 2.06. The highest BCUT2D eigenvalue weighted by molar-refractivity contribution is 6.22. The van der Waals surface area contributed by atoms with Gasteiger partial charge in [-0.15, -0.1) is 0 Å². The fraction of sp³-hybridized carbons (Fsp3) is 0.308. The van der Waals surface area contributed by atoms with Crippen molar-refractivity contribution in [2.45, 2.75) is 25.8 Å². The second-order valence-electron chi connectivity index (χ2n) is 4.02. The molecule has 1 heterocycles. The summed E-state index contributed by atoms with van der Waals surface area (Å²) in [4.78, 5) is 36.1. The van der Waals surface area contributed by atoms with Crippen molar-refractivity contribution in [1.29, 1.82) is 0 Å². The number of carbonyl (C=O) groups is 3. The fourth-order valence-electron chi connectivity index (χ4n) is 2.06. The average molecular weight is 231 g/mol. The molecule has 1 aliphatic rings. The first-order valence-corrected chi connectivity index (χ1v) is 5.63. The lowest BCUT2D eigenvalue weighted by Crippen LogP contribution is -2.40. The molecule has 0 spiro atoms. The molecule has 0 radical (unpaired) electrons. The first-order chi connectivity index (χ1) is 8.20. The Kier molecular flexibility index (Phi) is 3.04. The van der Waals surface area contributed by atoms with Crippen molar-refractivity contribution >= 4 is 18.1 Å². The summed E-state index contributed by atoms with van der Waals surface area (Å²) in [6, 6.07) is 6.01. The normalized spacial score (nSPS) is 15.9. The zero-order valence-corrected chi connectivity index (χ0v) is 9.55. The maximum Gasteiger partial charge on any atom is 0.262 e. The number of hydrogen-bond donors (Lipinski definition) is 0. The molecule has 0 saturated carbocycles. The van der Waals surface area contributed by atoms with E-state index in [0.717, 1.165) is 11.3 Å². The van der Waals surface area contributed by atoms with Gasteiger partial charge in [-0.25, -0.2) is 0 Å². The van der Waals surface area contributed by atoms with E-state index in [9.17, 15) is 14.4 Å². The Hall–Kier alpha value is -1.97. The Morgan fingerprint density at radius 2 is 1.71 bits per heavy atom.